The van der Waals surface area contributed by atoms with Crippen molar-refractivity contribution >= 4 is 0 Å². The van der Waals surface area contributed by atoms with Crippen LogP contribution in [0.1, 0.15) is 44.9 Å². The van der Waals surface area contributed by atoms with Crippen molar-refractivity contribution in [3.8, 4) is 0 Å². The fraction of sp³-hybridized carbons (Fsp3) is 0.846. The summed E-state index contributed by atoms with van der Waals surface area (Å²) in [5.41, 5.74) is 0. The molecule has 0 amide bonds. The van der Waals surface area contributed by atoms with E-state index in [1.807, 2.05) is 0 Å². The molecule has 0 aromatic heterocycles. The van der Waals surface area contributed by atoms with Gasteiger partial charge in [-0.15, -0.1) is 0 Å². The second kappa shape index (κ2) is 3.69. The van der Waals surface area contributed by atoms with Gasteiger partial charge in [-0.05, 0) is 43.9 Å². The van der Waals surface area contributed by atoms with Crippen LogP contribution < -0.4 is 5.32 Å². The number of rotatable bonds is 2. The molecule has 1 heteroatoms. The fourth-order valence-corrected chi connectivity index (χ4v) is 3.63. The van der Waals surface area contributed by atoms with E-state index < -0.39 is 0 Å². The second-order valence-electron chi connectivity index (χ2n) is 5.40. The average Bonchev–Trinajstić information content (AvgIpc) is 2.72. The molecule has 0 radical (unpaired) electrons. The van der Waals surface area contributed by atoms with E-state index in [1.54, 1.807) is 0 Å². The van der Waals surface area contributed by atoms with Crippen LogP contribution in [0.4, 0.5) is 0 Å². The van der Waals surface area contributed by atoms with Crippen LogP contribution in [-0.2, 0) is 0 Å². The van der Waals surface area contributed by atoms with E-state index in [0.29, 0.717) is 6.04 Å². The van der Waals surface area contributed by atoms with Gasteiger partial charge >= 0.3 is 0 Å². The summed E-state index contributed by atoms with van der Waals surface area (Å²) in [6, 6.07) is 1.56. The third-order valence-electron chi connectivity index (χ3n) is 4.49. The molecule has 4 rings (SSSR count). The van der Waals surface area contributed by atoms with E-state index >= 15 is 0 Å². The van der Waals surface area contributed by atoms with Crippen molar-refractivity contribution in [2.45, 2.75) is 57.0 Å². The molecular weight excluding hydrogens is 170 g/mol. The first-order valence-corrected chi connectivity index (χ1v) is 6.34. The van der Waals surface area contributed by atoms with E-state index in [4.69, 9.17) is 0 Å². The third kappa shape index (κ3) is 1.63. The van der Waals surface area contributed by atoms with Crippen LogP contribution in [0.15, 0.2) is 12.2 Å². The molecule has 4 aliphatic carbocycles. The van der Waals surface area contributed by atoms with Crippen molar-refractivity contribution in [2.24, 2.45) is 11.8 Å². The van der Waals surface area contributed by atoms with Crippen LogP contribution in [0.25, 0.3) is 0 Å². The maximum atomic E-state index is 3.86. The first-order valence-electron chi connectivity index (χ1n) is 6.34. The maximum absolute atomic E-state index is 3.86. The monoisotopic (exact) mass is 191 g/mol. The molecule has 14 heavy (non-hydrogen) atoms. The molecule has 0 saturated heterocycles. The third-order valence-corrected chi connectivity index (χ3v) is 4.49. The fourth-order valence-electron chi connectivity index (χ4n) is 3.63. The van der Waals surface area contributed by atoms with Gasteiger partial charge in [0.05, 0.1) is 0 Å². The summed E-state index contributed by atoms with van der Waals surface area (Å²) in [5.74, 6) is 2.07. The molecular formula is C13H21N. The largest absolute Gasteiger partial charge is 0.307 e. The highest BCUT2D eigenvalue weighted by molar-refractivity contribution is 5.03. The Bertz CT molecular complexity index is 225. The molecule has 2 atom stereocenters. The van der Waals surface area contributed by atoms with Crippen LogP contribution in [0.3, 0.4) is 0 Å². The van der Waals surface area contributed by atoms with E-state index in [9.17, 15) is 0 Å². The molecule has 1 N–H and O–H groups in total. The molecule has 2 bridgehead atoms. The predicted octanol–water partition coefficient (Wildman–Crippen LogP) is 2.87. The molecule has 78 valence electrons. The van der Waals surface area contributed by atoms with Gasteiger partial charge in [0, 0.05) is 12.1 Å². The summed E-state index contributed by atoms with van der Waals surface area (Å²) in [6.07, 6.45) is 14.8. The molecule has 0 heterocycles. The standard InChI is InChI=1S/C13H21N/c1-2-4-12(3-1)14-13-9-10-5-7-11(13)8-6-10/h1,3,10-14H,2,4-9H2. The SMILES string of the molecule is C1=CC(NC2CC3CCC2CC3)CC1. The minimum absolute atomic E-state index is 0.708. The molecule has 3 fully saturated rings. The van der Waals surface area contributed by atoms with Gasteiger partial charge in [-0.25, -0.2) is 0 Å². The summed E-state index contributed by atoms with van der Waals surface area (Å²) in [5, 5.41) is 3.86. The summed E-state index contributed by atoms with van der Waals surface area (Å²) < 4.78 is 0. The van der Waals surface area contributed by atoms with Gasteiger partial charge in [0.2, 0.25) is 0 Å². The van der Waals surface area contributed by atoms with Crippen LogP contribution in [0, 0.1) is 11.8 Å². The lowest BCUT2D eigenvalue weighted by Gasteiger charge is -2.43. The summed E-state index contributed by atoms with van der Waals surface area (Å²) >= 11 is 0. The number of allylic oxidation sites excluding steroid dienone is 1. The van der Waals surface area contributed by atoms with Crippen LogP contribution in [0.5, 0.6) is 0 Å². The van der Waals surface area contributed by atoms with E-state index in [1.165, 1.54) is 44.9 Å². The normalized spacial score (nSPS) is 46.0. The molecule has 3 saturated carbocycles. The Balaban J connectivity index is 1.59. The highest BCUT2D eigenvalue weighted by Crippen LogP contribution is 2.41. The summed E-state index contributed by atoms with van der Waals surface area (Å²) in [4.78, 5) is 0. The zero-order valence-electron chi connectivity index (χ0n) is 8.91. The summed E-state index contributed by atoms with van der Waals surface area (Å²) in [7, 11) is 0. The van der Waals surface area contributed by atoms with Crippen molar-refractivity contribution in [3.05, 3.63) is 12.2 Å². The minimum Gasteiger partial charge on any atom is -0.307 e. The Morgan fingerprint density at radius 3 is 2.43 bits per heavy atom. The molecule has 0 spiro atoms. The van der Waals surface area contributed by atoms with Gasteiger partial charge < -0.3 is 5.32 Å². The summed E-state index contributed by atoms with van der Waals surface area (Å²) in [6.45, 7) is 0. The van der Waals surface area contributed by atoms with Crippen LogP contribution in [-0.4, -0.2) is 12.1 Å². The van der Waals surface area contributed by atoms with Gasteiger partial charge in [0.1, 0.15) is 0 Å². The number of fused-ring (bicyclic) bond motifs is 3. The Morgan fingerprint density at radius 2 is 1.86 bits per heavy atom. The van der Waals surface area contributed by atoms with Crippen molar-refractivity contribution in [1.82, 2.24) is 5.32 Å². The number of hydrogen-bond acceptors (Lipinski definition) is 1. The van der Waals surface area contributed by atoms with Crippen molar-refractivity contribution < 1.29 is 0 Å². The van der Waals surface area contributed by atoms with Gasteiger partial charge in [-0.2, -0.15) is 0 Å². The topological polar surface area (TPSA) is 12.0 Å². The lowest BCUT2D eigenvalue weighted by Crippen LogP contribution is -2.47. The molecule has 4 aliphatic rings. The number of hydrogen-bond donors (Lipinski definition) is 1. The zero-order chi connectivity index (χ0) is 9.38. The zero-order valence-corrected chi connectivity index (χ0v) is 8.91. The highest BCUT2D eigenvalue weighted by atomic mass is 15.0. The van der Waals surface area contributed by atoms with Gasteiger partial charge in [0.25, 0.3) is 0 Å². The van der Waals surface area contributed by atoms with E-state index in [0.717, 1.165) is 17.9 Å². The Labute approximate surface area is 87.0 Å². The van der Waals surface area contributed by atoms with Gasteiger partial charge in [-0.1, -0.05) is 25.0 Å². The molecule has 0 aromatic rings. The Morgan fingerprint density at radius 1 is 1.00 bits per heavy atom. The lowest BCUT2D eigenvalue weighted by molar-refractivity contribution is 0.119. The van der Waals surface area contributed by atoms with Gasteiger partial charge in [0.15, 0.2) is 0 Å². The smallest absolute Gasteiger partial charge is 0.0255 e. The second-order valence-corrected chi connectivity index (χ2v) is 5.40. The Kier molecular flexibility index (Phi) is 2.36. The maximum Gasteiger partial charge on any atom is 0.0255 e. The average molecular weight is 191 g/mol. The predicted molar refractivity (Wildman–Crippen MR) is 59.2 cm³/mol. The first-order chi connectivity index (χ1) is 6.92. The minimum atomic E-state index is 0.708. The molecule has 2 unspecified atom stereocenters. The Hall–Kier alpha value is -0.300. The van der Waals surface area contributed by atoms with Crippen molar-refractivity contribution in [1.29, 1.82) is 0 Å². The van der Waals surface area contributed by atoms with Gasteiger partial charge in [-0.3, -0.25) is 0 Å². The van der Waals surface area contributed by atoms with E-state index in [-0.39, 0.29) is 0 Å². The van der Waals surface area contributed by atoms with Crippen LogP contribution in [0.2, 0.25) is 0 Å². The molecule has 0 aromatic carbocycles. The van der Waals surface area contributed by atoms with Crippen molar-refractivity contribution in [3.63, 3.8) is 0 Å². The van der Waals surface area contributed by atoms with Crippen molar-refractivity contribution in [2.75, 3.05) is 0 Å². The quantitative estimate of drug-likeness (QED) is 0.662. The molecule has 0 aliphatic heterocycles. The van der Waals surface area contributed by atoms with E-state index in [2.05, 4.69) is 17.5 Å². The first kappa shape index (κ1) is 8.96. The molecule has 1 nitrogen and oxygen atoms in total. The lowest BCUT2D eigenvalue weighted by atomic mass is 9.68. The highest BCUT2D eigenvalue weighted by Gasteiger charge is 2.36. The number of nitrogens with one attached hydrogen (secondary N) is 1. The van der Waals surface area contributed by atoms with Crippen LogP contribution >= 0.6 is 0 Å².